The molecule has 0 atom stereocenters. The molecule has 0 spiro atoms. The number of carboxylic acid groups (broad SMARTS) is 1. The normalized spacial score (nSPS) is 8.67. The van der Waals surface area contributed by atoms with E-state index in [1.165, 1.54) is 0 Å². The van der Waals surface area contributed by atoms with E-state index < -0.39 is 5.97 Å². The number of nitriles is 1. The Morgan fingerprint density at radius 1 is 1.33 bits per heavy atom. The van der Waals surface area contributed by atoms with Crippen LogP contribution in [0.25, 0.3) is 0 Å². The van der Waals surface area contributed by atoms with Crippen LogP contribution in [0, 0.1) is 11.3 Å². The van der Waals surface area contributed by atoms with Crippen molar-refractivity contribution in [1.82, 2.24) is 0 Å². The van der Waals surface area contributed by atoms with Crippen molar-refractivity contribution in [2.75, 3.05) is 0 Å². The molecule has 1 aromatic carbocycles. The summed E-state index contributed by atoms with van der Waals surface area (Å²) in [6.45, 7) is 0. The van der Waals surface area contributed by atoms with Gasteiger partial charge < -0.3 is 5.11 Å². The van der Waals surface area contributed by atoms with Gasteiger partial charge in [0.05, 0.1) is 10.3 Å². The zero-order chi connectivity index (χ0) is 13.8. The molecule has 0 aliphatic carbocycles. The number of nitrogens with zero attached hydrogens (tertiary/aromatic N) is 1. The molecule has 0 amide bonds. The van der Waals surface area contributed by atoms with E-state index in [9.17, 15) is 4.79 Å². The van der Waals surface area contributed by atoms with E-state index in [4.69, 9.17) is 22.6 Å². The number of thiocarbonyl (C=S) groups is 1. The summed E-state index contributed by atoms with van der Waals surface area (Å²) < 4.78 is 0.649. The SMILES string of the molecule is N#CCCCCC(=O)O.S=C(S)c1ccccc1. The van der Waals surface area contributed by atoms with Crippen LogP contribution < -0.4 is 0 Å². The van der Waals surface area contributed by atoms with Crippen LogP contribution in [0.5, 0.6) is 0 Å². The molecule has 0 fully saturated rings. The van der Waals surface area contributed by atoms with E-state index in [0.717, 1.165) is 5.56 Å². The molecular weight excluding hydrogens is 266 g/mol. The first kappa shape index (κ1) is 16.6. The zero-order valence-corrected chi connectivity index (χ0v) is 11.6. The number of unbranched alkanes of at least 4 members (excludes halogenated alkanes) is 2. The summed E-state index contributed by atoms with van der Waals surface area (Å²) in [5, 5.41) is 16.2. The second-order valence-electron chi connectivity index (χ2n) is 3.43. The van der Waals surface area contributed by atoms with E-state index in [2.05, 4.69) is 12.6 Å². The minimum atomic E-state index is -0.784. The van der Waals surface area contributed by atoms with Gasteiger partial charge in [0.15, 0.2) is 0 Å². The number of benzene rings is 1. The summed E-state index contributed by atoms with van der Waals surface area (Å²) in [7, 11) is 0. The molecule has 18 heavy (non-hydrogen) atoms. The van der Waals surface area contributed by atoms with Crippen molar-refractivity contribution < 1.29 is 9.90 Å². The van der Waals surface area contributed by atoms with Gasteiger partial charge in [-0.25, -0.2) is 0 Å². The maximum atomic E-state index is 9.88. The maximum absolute atomic E-state index is 9.88. The molecule has 96 valence electrons. The Bertz CT molecular complexity index is 413. The van der Waals surface area contributed by atoms with E-state index in [-0.39, 0.29) is 6.42 Å². The quantitative estimate of drug-likeness (QED) is 0.493. The summed E-state index contributed by atoms with van der Waals surface area (Å²) in [4.78, 5) is 9.88. The summed E-state index contributed by atoms with van der Waals surface area (Å²) in [6, 6.07) is 11.7. The molecule has 1 rings (SSSR count). The van der Waals surface area contributed by atoms with Crippen molar-refractivity contribution >= 4 is 35.0 Å². The standard InChI is InChI=1S/C7H6S2.C6H9NO2/c8-7(9)6-4-2-1-3-5-6;7-5-3-1-2-4-6(8)9/h1-5H,(H,8,9);1-4H2,(H,8,9). The van der Waals surface area contributed by atoms with Crippen molar-refractivity contribution in [3.63, 3.8) is 0 Å². The highest BCUT2D eigenvalue weighted by molar-refractivity contribution is 8.11. The van der Waals surface area contributed by atoms with Crippen molar-refractivity contribution in [1.29, 1.82) is 5.26 Å². The van der Waals surface area contributed by atoms with Gasteiger partial charge in [0.2, 0.25) is 0 Å². The predicted molar refractivity (Wildman–Crippen MR) is 78.8 cm³/mol. The van der Waals surface area contributed by atoms with Gasteiger partial charge in [-0.15, -0.1) is 12.6 Å². The fourth-order valence-corrected chi connectivity index (χ4v) is 1.35. The number of hydrogen-bond acceptors (Lipinski definition) is 3. The van der Waals surface area contributed by atoms with E-state index in [1.807, 2.05) is 36.4 Å². The largest absolute Gasteiger partial charge is 0.481 e. The number of rotatable bonds is 5. The number of thiol groups is 1. The second-order valence-corrected chi connectivity index (χ2v) is 4.59. The Morgan fingerprint density at radius 2 is 1.94 bits per heavy atom. The molecule has 0 saturated heterocycles. The van der Waals surface area contributed by atoms with Gasteiger partial charge in [0, 0.05) is 12.8 Å². The van der Waals surface area contributed by atoms with Crippen molar-refractivity contribution in [3.05, 3.63) is 35.9 Å². The Balaban J connectivity index is 0.000000321. The first-order valence-electron chi connectivity index (χ1n) is 5.45. The average Bonchev–Trinajstić information content (AvgIpc) is 2.36. The molecule has 0 heterocycles. The topological polar surface area (TPSA) is 61.1 Å². The third-order valence-electron chi connectivity index (χ3n) is 1.95. The van der Waals surface area contributed by atoms with E-state index in [1.54, 1.807) is 0 Å². The monoisotopic (exact) mass is 281 g/mol. The van der Waals surface area contributed by atoms with Gasteiger partial charge in [0.1, 0.15) is 0 Å². The van der Waals surface area contributed by atoms with Crippen molar-refractivity contribution in [3.8, 4) is 6.07 Å². The highest BCUT2D eigenvalue weighted by atomic mass is 32.1. The Labute approximate surface area is 118 Å². The van der Waals surface area contributed by atoms with Crippen molar-refractivity contribution in [2.45, 2.75) is 25.7 Å². The number of carbonyl (C=O) groups is 1. The highest BCUT2D eigenvalue weighted by Crippen LogP contribution is 2.02. The number of hydrogen-bond donors (Lipinski definition) is 2. The predicted octanol–water partition coefficient (Wildman–Crippen LogP) is 3.45. The fourth-order valence-electron chi connectivity index (χ4n) is 1.06. The average molecular weight is 281 g/mol. The molecule has 0 bridgehead atoms. The molecule has 0 radical (unpaired) electrons. The van der Waals surface area contributed by atoms with Crippen LogP contribution in [-0.2, 0) is 4.79 Å². The molecule has 0 aliphatic rings. The molecule has 0 aromatic heterocycles. The number of aliphatic carboxylic acids is 1. The highest BCUT2D eigenvalue weighted by Gasteiger charge is 1.94. The summed E-state index contributed by atoms with van der Waals surface area (Å²) in [5.74, 6) is -0.784. The van der Waals surface area contributed by atoms with E-state index >= 15 is 0 Å². The lowest BCUT2D eigenvalue weighted by atomic mass is 10.2. The molecule has 0 unspecified atom stereocenters. The third kappa shape index (κ3) is 9.82. The summed E-state index contributed by atoms with van der Waals surface area (Å²) in [5.41, 5.74) is 1.01. The van der Waals surface area contributed by atoms with Gasteiger partial charge in [-0.2, -0.15) is 5.26 Å². The van der Waals surface area contributed by atoms with Crippen LogP contribution >= 0.6 is 24.8 Å². The second kappa shape index (κ2) is 10.8. The maximum Gasteiger partial charge on any atom is 0.303 e. The molecule has 0 aliphatic heterocycles. The Morgan fingerprint density at radius 3 is 2.33 bits per heavy atom. The Hall–Kier alpha value is -1.38. The van der Waals surface area contributed by atoms with Crippen LogP contribution in [0.2, 0.25) is 0 Å². The van der Waals surface area contributed by atoms with Gasteiger partial charge in [0.25, 0.3) is 0 Å². The van der Waals surface area contributed by atoms with Crippen LogP contribution in [0.4, 0.5) is 0 Å². The van der Waals surface area contributed by atoms with Crippen LogP contribution in [0.15, 0.2) is 30.3 Å². The molecule has 1 N–H and O–H groups in total. The smallest absolute Gasteiger partial charge is 0.303 e. The zero-order valence-electron chi connectivity index (χ0n) is 9.87. The lowest BCUT2D eigenvalue weighted by molar-refractivity contribution is -0.137. The van der Waals surface area contributed by atoms with Gasteiger partial charge >= 0.3 is 5.97 Å². The molecule has 0 saturated carbocycles. The van der Waals surface area contributed by atoms with Crippen LogP contribution in [0.3, 0.4) is 0 Å². The van der Waals surface area contributed by atoms with Crippen molar-refractivity contribution in [2.24, 2.45) is 0 Å². The minimum absolute atomic E-state index is 0.182. The lowest BCUT2D eigenvalue weighted by Crippen LogP contribution is -1.92. The first-order valence-corrected chi connectivity index (χ1v) is 6.30. The molecule has 5 heteroatoms. The molecule has 3 nitrogen and oxygen atoms in total. The van der Waals surface area contributed by atoms with Crippen LogP contribution in [-0.4, -0.2) is 15.3 Å². The van der Waals surface area contributed by atoms with Crippen LogP contribution in [0.1, 0.15) is 31.2 Å². The first-order chi connectivity index (χ1) is 8.57. The van der Waals surface area contributed by atoms with Gasteiger partial charge in [-0.05, 0) is 18.4 Å². The summed E-state index contributed by atoms with van der Waals surface area (Å²) >= 11 is 8.85. The van der Waals surface area contributed by atoms with Gasteiger partial charge in [-0.3, -0.25) is 4.79 Å². The third-order valence-corrected chi connectivity index (χ3v) is 2.44. The Kier molecular flexibility index (Phi) is 9.93. The number of carboxylic acids is 1. The van der Waals surface area contributed by atoms with E-state index in [0.29, 0.717) is 23.5 Å². The molecule has 1 aromatic rings. The lowest BCUT2D eigenvalue weighted by Gasteiger charge is -1.91. The summed E-state index contributed by atoms with van der Waals surface area (Å²) in [6.07, 6.45) is 1.96. The fraction of sp³-hybridized carbons (Fsp3) is 0.308. The molecular formula is C13H15NO2S2. The van der Waals surface area contributed by atoms with Gasteiger partial charge in [-0.1, -0.05) is 42.5 Å². The minimum Gasteiger partial charge on any atom is -0.481 e.